The van der Waals surface area contributed by atoms with Crippen molar-refractivity contribution in [1.29, 1.82) is 0 Å². The molecule has 78 valence electrons. The molecule has 1 aromatic heterocycles. The Morgan fingerprint density at radius 3 is 2.80 bits per heavy atom. The molecular formula is C10H6F2O3. The molecule has 0 atom stereocenters. The van der Waals surface area contributed by atoms with Crippen LogP contribution in [0.1, 0.15) is 0 Å². The second kappa shape index (κ2) is 3.68. The summed E-state index contributed by atoms with van der Waals surface area (Å²) in [6.45, 7) is -2.96. The molecule has 0 bridgehead atoms. The van der Waals surface area contributed by atoms with Gasteiger partial charge in [-0.2, -0.15) is 8.78 Å². The highest BCUT2D eigenvalue weighted by atomic mass is 19.3. The average molecular weight is 212 g/mol. The van der Waals surface area contributed by atoms with Gasteiger partial charge in [-0.1, -0.05) is 6.07 Å². The zero-order chi connectivity index (χ0) is 10.8. The topological polar surface area (TPSA) is 39.4 Å². The Kier molecular flexibility index (Phi) is 2.37. The minimum atomic E-state index is -2.96. The van der Waals surface area contributed by atoms with Crippen LogP contribution in [-0.2, 0) is 0 Å². The minimum Gasteiger partial charge on any atom is -0.464 e. The zero-order valence-corrected chi connectivity index (χ0v) is 7.44. The van der Waals surface area contributed by atoms with Gasteiger partial charge in [0, 0.05) is 6.07 Å². The number of fused-ring (bicyclic) bond motifs is 1. The summed E-state index contributed by atoms with van der Waals surface area (Å²) in [6.07, 6.45) is 1.21. The molecule has 5 heteroatoms. The van der Waals surface area contributed by atoms with Crippen molar-refractivity contribution in [3.8, 4) is 5.75 Å². The molecule has 1 heterocycles. The monoisotopic (exact) mass is 212 g/mol. The highest BCUT2D eigenvalue weighted by Gasteiger charge is 2.11. The van der Waals surface area contributed by atoms with Crippen LogP contribution in [0.3, 0.4) is 0 Å². The van der Waals surface area contributed by atoms with Crippen LogP contribution >= 0.6 is 0 Å². The van der Waals surface area contributed by atoms with Crippen molar-refractivity contribution in [2.75, 3.05) is 0 Å². The molecule has 0 amide bonds. The van der Waals surface area contributed by atoms with Gasteiger partial charge >= 0.3 is 6.61 Å². The third-order valence-electron chi connectivity index (χ3n) is 1.86. The fourth-order valence-corrected chi connectivity index (χ4v) is 1.30. The van der Waals surface area contributed by atoms with Gasteiger partial charge in [0.2, 0.25) is 0 Å². The van der Waals surface area contributed by atoms with E-state index in [1.165, 1.54) is 24.5 Å². The summed E-state index contributed by atoms with van der Waals surface area (Å²) in [6, 6.07) is 5.43. The van der Waals surface area contributed by atoms with Crippen molar-refractivity contribution in [2.24, 2.45) is 0 Å². The van der Waals surface area contributed by atoms with E-state index < -0.39 is 12.0 Å². The Bertz CT molecular complexity index is 528. The van der Waals surface area contributed by atoms with Gasteiger partial charge in [0.05, 0.1) is 6.26 Å². The van der Waals surface area contributed by atoms with E-state index in [1.54, 1.807) is 0 Å². The molecule has 1 aromatic carbocycles. The van der Waals surface area contributed by atoms with Gasteiger partial charge in [0.15, 0.2) is 5.43 Å². The highest BCUT2D eigenvalue weighted by molar-refractivity contribution is 5.82. The molecule has 0 fully saturated rings. The molecule has 0 spiro atoms. The predicted molar refractivity (Wildman–Crippen MR) is 49.1 cm³/mol. The van der Waals surface area contributed by atoms with E-state index in [-0.39, 0.29) is 16.7 Å². The Morgan fingerprint density at radius 1 is 1.27 bits per heavy atom. The van der Waals surface area contributed by atoms with Crippen LogP contribution in [0.15, 0.2) is 39.7 Å². The first-order valence-corrected chi connectivity index (χ1v) is 4.14. The highest BCUT2D eigenvalue weighted by Crippen LogP contribution is 2.23. The molecule has 2 aromatic rings. The minimum absolute atomic E-state index is 0.0281. The lowest BCUT2D eigenvalue weighted by Gasteiger charge is -2.05. The lowest BCUT2D eigenvalue weighted by molar-refractivity contribution is -0.0488. The number of alkyl halides is 2. The predicted octanol–water partition coefficient (Wildman–Crippen LogP) is 2.39. The molecule has 0 aliphatic heterocycles. The van der Waals surface area contributed by atoms with E-state index in [4.69, 9.17) is 4.42 Å². The van der Waals surface area contributed by atoms with Crippen LogP contribution in [0.5, 0.6) is 5.75 Å². The standard InChI is InChI=1S/C10H6F2O3/c11-10(12)15-8-3-1-2-7-9(8)6(13)4-5-14-7/h1-5,10H. The van der Waals surface area contributed by atoms with Crippen molar-refractivity contribution in [2.45, 2.75) is 6.61 Å². The summed E-state index contributed by atoms with van der Waals surface area (Å²) in [4.78, 5) is 11.4. The van der Waals surface area contributed by atoms with Crippen LogP contribution in [-0.4, -0.2) is 6.61 Å². The fourth-order valence-electron chi connectivity index (χ4n) is 1.30. The van der Waals surface area contributed by atoms with Crippen LogP contribution in [0.4, 0.5) is 8.78 Å². The van der Waals surface area contributed by atoms with Crippen molar-refractivity contribution >= 4 is 11.0 Å². The van der Waals surface area contributed by atoms with E-state index in [0.717, 1.165) is 6.07 Å². The Balaban J connectivity index is 2.69. The van der Waals surface area contributed by atoms with E-state index in [9.17, 15) is 13.6 Å². The average Bonchev–Trinajstić information content (AvgIpc) is 2.17. The molecule has 0 aliphatic carbocycles. The van der Waals surface area contributed by atoms with Gasteiger partial charge in [0.1, 0.15) is 16.7 Å². The second-order valence-electron chi connectivity index (χ2n) is 2.79. The maximum atomic E-state index is 12.0. The molecule has 0 saturated heterocycles. The Hall–Kier alpha value is -1.91. The number of halogens is 2. The lowest BCUT2D eigenvalue weighted by atomic mass is 10.2. The lowest BCUT2D eigenvalue weighted by Crippen LogP contribution is -2.06. The number of hydrogen-bond donors (Lipinski definition) is 0. The van der Waals surface area contributed by atoms with Gasteiger partial charge in [-0.15, -0.1) is 0 Å². The molecule has 0 radical (unpaired) electrons. The van der Waals surface area contributed by atoms with E-state index >= 15 is 0 Å². The molecule has 0 unspecified atom stereocenters. The largest absolute Gasteiger partial charge is 0.464 e. The summed E-state index contributed by atoms with van der Waals surface area (Å²) < 4.78 is 33.3. The van der Waals surface area contributed by atoms with Crippen molar-refractivity contribution in [3.05, 3.63) is 40.8 Å². The van der Waals surface area contributed by atoms with Gasteiger partial charge in [-0.3, -0.25) is 4.79 Å². The van der Waals surface area contributed by atoms with Gasteiger partial charge < -0.3 is 9.15 Å². The fraction of sp³-hybridized carbons (Fsp3) is 0.100. The van der Waals surface area contributed by atoms with Crippen molar-refractivity contribution < 1.29 is 17.9 Å². The third kappa shape index (κ3) is 1.81. The summed E-state index contributed by atoms with van der Waals surface area (Å²) in [5.41, 5.74) is -0.187. The molecule has 2 rings (SSSR count). The second-order valence-corrected chi connectivity index (χ2v) is 2.79. The number of rotatable bonds is 2. The molecular weight excluding hydrogens is 206 g/mol. The molecule has 0 N–H and O–H groups in total. The molecule has 3 nitrogen and oxygen atoms in total. The normalized spacial score (nSPS) is 10.9. The summed E-state index contributed by atoms with van der Waals surface area (Å²) >= 11 is 0. The summed E-state index contributed by atoms with van der Waals surface area (Å²) in [7, 11) is 0. The smallest absolute Gasteiger partial charge is 0.387 e. The Labute approximate surface area is 82.9 Å². The van der Waals surface area contributed by atoms with E-state index in [2.05, 4.69) is 4.74 Å². The zero-order valence-electron chi connectivity index (χ0n) is 7.44. The third-order valence-corrected chi connectivity index (χ3v) is 1.86. The first-order valence-electron chi connectivity index (χ1n) is 4.14. The van der Waals surface area contributed by atoms with Gasteiger partial charge in [-0.05, 0) is 12.1 Å². The first-order chi connectivity index (χ1) is 7.18. The van der Waals surface area contributed by atoms with Gasteiger partial charge in [-0.25, -0.2) is 0 Å². The number of ether oxygens (including phenoxy) is 1. The summed E-state index contributed by atoms with van der Waals surface area (Å²) in [5, 5.41) is 0.0281. The molecule has 0 aliphatic rings. The van der Waals surface area contributed by atoms with Crippen LogP contribution < -0.4 is 10.2 Å². The summed E-state index contributed by atoms with van der Waals surface area (Å²) in [5.74, 6) is -0.170. The first kappa shape index (κ1) is 9.64. The van der Waals surface area contributed by atoms with Crippen LogP contribution in [0.25, 0.3) is 11.0 Å². The maximum Gasteiger partial charge on any atom is 0.387 e. The number of hydrogen-bond acceptors (Lipinski definition) is 3. The maximum absolute atomic E-state index is 12.0. The molecule has 15 heavy (non-hydrogen) atoms. The Morgan fingerprint density at radius 2 is 2.07 bits per heavy atom. The van der Waals surface area contributed by atoms with Crippen molar-refractivity contribution in [1.82, 2.24) is 0 Å². The van der Waals surface area contributed by atoms with E-state index in [1.807, 2.05) is 0 Å². The van der Waals surface area contributed by atoms with Gasteiger partial charge in [0.25, 0.3) is 0 Å². The SMILES string of the molecule is O=c1ccoc2cccc(OC(F)F)c12. The number of benzene rings is 1. The van der Waals surface area contributed by atoms with Crippen molar-refractivity contribution in [3.63, 3.8) is 0 Å². The van der Waals surface area contributed by atoms with Crippen LogP contribution in [0.2, 0.25) is 0 Å². The van der Waals surface area contributed by atoms with E-state index in [0.29, 0.717) is 0 Å². The van der Waals surface area contributed by atoms with Crippen LogP contribution in [0, 0.1) is 0 Å². The molecule has 0 saturated carbocycles. The quantitative estimate of drug-likeness (QED) is 0.767.